The van der Waals surface area contributed by atoms with Crippen LogP contribution in [-0.4, -0.2) is 48.4 Å². The lowest BCUT2D eigenvalue weighted by Crippen LogP contribution is -2.46. The summed E-state index contributed by atoms with van der Waals surface area (Å²) in [6, 6.07) is 13.0. The summed E-state index contributed by atoms with van der Waals surface area (Å²) < 4.78 is 27.8. The molecule has 1 saturated heterocycles. The topological polar surface area (TPSA) is 36.4 Å². The Labute approximate surface area is 209 Å². The van der Waals surface area contributed by atoms with E-state index in [1.54, 1.807) is 35.6 Å². The molecule has 2 fully saturated rings. The zero-order chi connectivity index (χ0) is 24.3. The van der Waals surface area contributed by atoms with Crippen LogP contribution in [0.15, 0.2) is 53.9 Å². The molecule has 5 rings (SSSR count). The van der Waals surface area contributed by atoms with Crippen LogP contribution in [-0.2, 0) is 5.41 Å². The Morgan fingerprint density at radius 2 is 1.69 bits per heavy atom. The highest BCUT2D eigenvalue weighted by molar-refractivity contribution is 7.13. The highest BCUT2D eigenvalue weighted by Gasteiger charge is 2.41. The van der Waals surface area contributed by atoms with Crippen LogP contribution in [0.2, 0.25) is 0 Å². The number of hydrogen-bond acceptors (Lipinski definition) is 5. The Balaban J connectivity index is 1.16. The second-order valence-electron chi connectivity index (χ2n) is 9.65. The number of benzene rings is 2. The van der Waals surface area contributed by atoms with E-state index < -0.39 is 0 Å². The number of halogens is 2. The molecule has 0 bridgehead atoms. The Hall–Kier alpha value is -2.64. The molecule has 1 aliphatic carbocycles. The van der Waals surface area contributed by atoms with Gasteiger partial charge in [0, 0.05) is 49.0 Å². The molecule has 184 valence electrons. The predicted octanol–water partition coefficient (Wildman–Crippen LogP) is 6.07. The first-order valence-corrected chi connectivity index (χ1v) is 13.4. The van der Waals surface area contributed by atoms with Crippen LogP contribution in [0.4, 0.5) is 13.9 Å². The fourth-order valence-electron chi connectivity index (χ4n) is 5.53. The zero-order valence-electron chi connectivity index (χ0n) is 19.9. The standard InChI is InChI=1S/C28H31F2N3OS/c29-22-11-9-21(10-12-22)25(34)8-5-15-32-16-18-33(19-17-32)27-31-26(20-35-27)28(13-3-4-14-28)23-6-1-2-7-24(23)30/h1-2,6-7,9-12,20H,3-5,8,13-19H2. The normalized spacial score (nSPS) is 18.2. The molecule has 0 radical (unpaired) electrons. The van der Waals surface area contributed by atoms with Crippen molar-refractivity contribution >= 4 is 22.3 Å². The number of aromatic nitrogens is 1. The van der Waals surface area contributed by atoms with Crippen molar-refractivity contribution in [3.8, 4) is 0 Å². The van der Waals surface area contributed by atoms with Crippen molar-refractivity contribution in [2.24, 2.45) is 0 Å². The van der Waals surface area contributed by atoms with Gasteiger partial charge in [0.1, 0.15) is 11.6 Å². The Morgan fingerprint density at radius 3 is 2.40 bits per heavy atom. The lowest BCUT2D eigenvalue weighted by molar-refractivity contribution is 0.0974. The number of piperazine rings is 1. The number of rotatable bonds is 8. The van der Waals surface area contributed by atoms with Gasteiger partial charge in [-0.15, -0.1) is 11.3 Å². The van der Waals surface area contributed by atoms with Crippen LogP contribution in [0.5, 0.6) is 0 Å². The average Bonchev–Trinajstić information content (AvgIpc) is 3.56. The van der Waals surface area contributed by atoms with Crippen LogP contribution < -0.4 is 4.90 Å². The van der Waals surface area contributed by atoms with Crippen molar-refractivity contribution in [3.05, 3.63) is 82.4 Å². The second kappa shape index (κ2) is 10.5. The molecule has 35 heavy (non-hydrogen) atoms. The number of carbonyl (C=O) groups excluding carboxylic acids is 1. The molecule has 0 spiro atoms. The van der Waals surface area contributed by atoms with E-state index in [4.69, 9.17) is 4.98 Å². The molecular weight excluding hydrogens is 464 g/mol. The third-order valence-electron chi connectivity index (χ3n) is 7.52. The molecule has 1 aliphatic heterocycles. The highest BCUT2D eigenvalue weighted by atomic mass is 32.1. The molecular formula is C28H31F2N3OS. The van der Waals surface area contributed by atoms with Gasteiger partial charge in [-0.05, 0) is 61.7 Å². The van der Waals surface area contributed by atoms with E-state index >= 15 is 0 Å². The van der Waals surface area contributed by atoms with Gasteiger partial charge in [-0.3, -0.25) is 9.69 Å². The Kier molecular flexibility index (Phi) is 7.25. The van der Waals surface area contributed by atoms with Crippen LogP contribution >= 0.6 is 11.3 Å². The molecule has 2 heterocycles. The van der Waals surface area contributed by atoms with Crippen LogP contribution in [0, 0.1) is 11.6 Å². The van der Waals surface area contributed by atoms with Gasteiger partial charge < -0.3 is 4.90 Å². The molecule has 2 aromatic carbocycles. The summed E-state index contributed by atoms with van der Waals surface area (Å²) in [5, 5.41) is 3.16. The van der Waals surface area contributed by atoms with Crippen LogP contribution in [0.25, 0.3) is 0 Å². The van der Waals surface area contributed by atoms with Crippen molar-refractivity contribution < 1.29 is 13.6 Å². The summed E-state index contributed by atoms with van der Waals surface area (Å²) in [6.45, 7) is 4.52. The Bertz CT molecular complexity index is 1150. The quantitative estimate of drug-likeness (QED) is 0.356. The average molecular weight is 496 g/mol. The van der Waals surface area contributed by atoms with Gasteiger partial charge in [0.2, 0.25) is 0 Å². The molecule has 1 saturated carbocycles. The van der Waals surface area contributed by atoms with E-state index in [0.717, 1.165) is 81.2 Å². The van der Waals surface area contributed by atoms with Gasteiger partial charge in [-0.1, -0.05) is 31.0 Å². The summed E-state index contributed by atoms with van der Waals surface area (Å²) in [4.78, 5) is 22.1. The minimum atomic E-state index is -0.322. The minimum absolute atomic E-state index is 0.0645. The molecule has 2 aliphatic rings. The number of carbonyl (C=O) groups is 1. The number of thiazole rings is 1. The maximum atomic E-state index is 14.8. The van der Waals surface area contributed by atoms with Gasteiger partial charge in [-0.25, -0.2) is 13.8 Å². The maximum absolute atomic E-state index is 14.8. The number of nitrogens with zero attached hydrogens (tertiary/aromatic N) is 3. The third kappa shape index (κ3) is 5.16. The van der Waals surface area contributed by atoms with Crippen molar-refractivity contribution in [2.45, 2.75) is 43.9 Å². The summed E-state index contributed by atoms with van der Waals surface area (Å²) in [6.07, 6.45) is 5.36. The van der Waals surface area contributed by atoms with Crippen molar-refractivity contribution in [2.75, 3.05) is 37.6 Å². The van der Waals surface area contributed by atoms with E-state index in [1.165, 1.54) is 12.1 Å². The van der Waals surface area contributed by atoms with Gasteiger partial charge in [0.15, 0.2) is 10.9 Å². The number of Topliss-reactive ketones (excluding diaryl/α,β-unsaturated/α-hetero) is 1. The molecule has 0 amide bonds. The highest BCUT2D eigenvalue weighted by Crippen LogP contribution is 2.48. The summed E-state index contributed by atoms with van der Waals surface area (Å²) >= 11 is 1.67. The second-order valence-corrected chi connectivity index (χ2v) is 10.5. The van der Waals surface area contributed by atoms with Gasteiger partial charge in [0.05, 0.1) is 5.69 Å². The predicted molar refractivity (Wildman–Crippen MR) is 136 cm³/mol. The molecule has 0 unspecified atom stereocenters. The van der Waals surface area contributed by atoms with Crippen molar-refractivity contribution in [1.82, 2.24) is 9.88 Å². The van der Waals surface area contributed by atoms with Crippen LogP contribution in [0.3, 0.4) is 0 Å². The first-order valence-electron chi connectivity index (χ1n) is 12.5. The largest absolute Gasteiger partial charge is 0.346 e. The molecule has 3 aromatic rings. The minimum Gasteiger partial charge on any atom is -0.346 e. The van der Waals surface area contributed by atoms with E-state index in [1.807, 2.05) is 12.1 Å². The van der Waals surface area contributed by atoms with Crippen molar-refractivity contribution in [3.63, 3.8) is 0 Å². The van der Waals surface area contributed by atoms with E-state index in [2.05, 4.69) is 15.2 Å². The maximum Gasteiger partial charge on any atom is 0.185 e. The summed E-state index contributed by atoms with van der Waals surface area (Å²) in [7, 11) is 0. The molecule has 7 heteroatoms. The lowest BCUT2D eigenvalue weighted by Gasteiger charge is -2.34. The number of ketones is 1. The van der Waals surface area contributed by atoms with E-state index in [9.17, 15) is 13.6 Å². The third-order valence-corrected chi connectivity index (χ3v) is 8.42. The van der Waals surface area contributed by atoms with Gasteiger partial charge >= 0.3 is 0 Å². The Morgan fingerprint density at radius 1 is 0.971 bits per heavy atom. The lowest BCUT2D eigenvalue weighted by atomic mass is 9.76. The first-order chi connectivity index (χ1) is 17.0. The van der Waals surface area contributed by atoms with Crippen molar-refractivity contribution in [1.29, 1.82) is 0 Å². The summed E-state index contributed by atoms with van der Waals surface area (Å²) in [5.74, 6) is -0.387. The SMILES string of the molecule is O=C(CCCN1CCN(c2nc(C3(c4ccccc4F)CCCC3)cs2)CC1)c1ccc(F)cc1. The smallest absolute Gasteiger partial charge is 0.185 e. The van der Waals surface area contributed by atoms with Gasteiger partial charge in [0.25, 0.3) is 0 Å². The fourth-order valence-corrected chi connectivity index (χ4v) is 6.50. The number of anilines is 1. The molecule has 4 nitrogen and oxygen atoms in total. The molecule has 0 atom stereocenters. The van der Waals surface area contributed by atoms with Gasteiger partial charge in [-0.2, -0.15) is 0 Å². The molecule has 0 N–H and O–H groups in total. The molecule has 1 aromatic heterocycles. The fraction of sp³-hybridized carbons (Fsp3) is 0.429. The van der Waals surface area contributed by atoms with E-state index in [-0.39, 0.29) is 22.8 Å². The van der Waals surface area contributed by atoms with E-state index in [0.29, 0.717) is 12.0 Å². The summed E-state index contributed by atoms with van der Waals surface area (Å²) in [5.41, 5.74) is 2.07. The van der Waals surface area contributed by atoms with Crippen LogP contribution in [0.1, 0.15) is 60.1 Å². The number of hydrogen-bond donors (Lipinski definition) is 0. The zero-order valence-corrected chi connectivity index (χ0v) is 20.7. The monoisotopic (exact) mass is 495 g/mol. The first kappa shape index (κ1) is 24.1.